The predicted octanol–water partition coefficient (Wildman–Crippen LogP) is 3.82. The van der Waals surface area contributed by atoms with E-state index < -0.39 is 10.1 Å². The standard InChI is InChI=1S/C16H13NO3S2/c1-22(18,19)20-16-14(12-8-4-2-5-9-12)15(17-21-16)13-10-6-3-7-11-13/h2-11H,1H3. The van der Waals surface area contributed by atoms with Crippen LogP contribution in [0.2, 0.25) is 0 Å². The number of hydrogen-bond donors (Lipinski definition) is 0. The highest BCUT2D eigenvalue weighted by Crippen LogP contribution is 2.42. The summed E-state index contributed by atoms with van der Waals surface area (Å²) in [7, 11) is -3.61. The predicted molar refractivity (Wildman–Crippen MR) is 88.5 cm³/mol. The van der Waals surface area contributed by atoms with Crippen molar-refractivity contribution in [2.75, 3.05) is 6.26 Å². The monoisotopic (exact) mass is 331 g/mol. The third kappa shape index (κ3) is 3.18. The van der Waals surface area contributed by atoms with Crippen molar-refractivity contribution in [2.24, 2.45) is 0 Å². The van der Waals surface area contributed by atoms with Gasteiger partial charge < -0.3 is 4.18 Å². The molecule has 1 heterocycles. The molecule has 0 atom stereocenters. The summed E-state index contributed by atoms with van der Waals surface area (Å²) in [6.07, 6.45) is 1.03. The molecule has 112 valence electrons. The highest BCUT2D eigenvalue weighted by atomic mass is 32.2. The van der Waals surface area contributed by atoms with E-state index in [4.69, 9.17) is 4.18 Å². The highest BCUT2D eigenvalue weighted by Gasteiger charge is 2.21. The first-order chi connectivity index (χ1) is 10.5. The number of nitrogens with zero attached hydrogens (tertiary/aromatic N) is 1. The van der Waals surface area contributed by atoms with Gasteiger partial charge in [0.2, 0.25) is 5.06 Å². The largest absolute Gasteiger partial charge is 0.369 e. The van der Waals surface area contributed by atoms with Gasteiger partial charge in [0.1, 0.15) is 0 Å². The van der Waals surface area contributed by atoms with E-state index in [1.807, 2.05) is 60.7 Å². The Bertz CT molecular complexity index is 872. The van der Waals surface area contributed by atoms with E-state index in [0.29, 0.717) is 5.56 Å². The molecule has 0 radical (unpaired) electrons. The second-order valence-corrected chi connectivity index (χ2v) is 7.02. The number of aromatic nitrogens is 1. The quantitative estimate of drug-likeness (QED) is 0.682. The third-order valence-corrected chi connectivity index (χ3v) is 4.30. The topological polar surface area (TPSA) is 56.3 Å². The zero-order valence-electron chi connectivity index (χ0n) is 11.8. The summed E-state index contributed by atoms with van der Waals surface area (Å²) in [6.45, 7) is 0. The SMILES string of the molecule is CS(=O)(=O)Oc1snc(-c2ccccc2)c1-c1ccccc1. The fourth-order valence-corrected chi connectivity index (χ4v) is 3.65. The molecule has 0 saturated carbocycles. The molecule has 0 aliphatic carbocycles. The summed E-state index contributed by atoms with van der Waals surface area (Å²) in [5.41, 5.74) is 3.20. The average molecular weight is 331 g/mol. The van der Waals surface area contributed by atoms with Crippen LogP contribution in [0.1, 0.15) is 0 Å². The Morgan fingerprint density at radius 1 is 0.909 bits per heavy atom. The van der Waals surface area contributed by atoms with E-state index in [0.717, 1.165) is 34.6 Å². The van der Waals surface area contributed by atoms with E-state index in [-0.39, 0.29) is 5.06 Å². The van der Waals surface area contributed by atoms with Crippen LogP contribution in [0.5, 0.6) is 5.06 Å². The molecule has 0 amide bonds. The van der Waals surface area contributed by atoms with Crippen molar-refractivity contribution in [2.45, 2.75) is 0 Å². The van der Waals surface area contributed by atoms with Crippen LogP contribution in [-0.2, 0) is 10.1 Å². The molecule has 0 unspecified atom stereocenters. The summed E-state index contributed by atoms with van der Waals surface area (Å²) in [5, 5.41) is 0.285. The van der Waals surface area contributed by atoms with Gasteiger partial charge in [-0.25, -0.2) is 0 Å². The van der Waals surface area contributed by atoms with Crippen LogP contribution in [-0.4, -0.2) is 19.0 Å². The zero-order valence-corrected chi connectivity index (χ0v) is 13.4. The van der Waals surface area contributed by atoms with Crippen LogP contribution in [0, 0.1) is 0 Å². The molecule has 0 saturated heterocycles. The number of hydrogen-bond acceptors (Lipinski definition) is 5. The van der Waals surface area contributed by atoms with Crippen LogP contribution in [0.3, 0.4) is 0 Å². The van der Waals surface area contributed by atoms with Crippen molar-refractivity contribution in [3.63, 3.8) is 0 Å². The summed E-state index contributed by atoms with van der Waals surface area (Å²) in [6, 6.07) is 19.1. The maximum absolute atomic E-state index is 11.5. The Morgan fingerprint density at radius 3 is 2.00 bits per heavy atom. The molecule has 22 heavy (non-hydrogen) atoms. The van der Waals surface area contributed by atoms with Crippen molar-refractivity contribution in [1.29, 1.82) is 0 Å². The molecule has 0 bridgehead atoms. The van der Waals surface area contributed by atoms with Crippen LogP contribution in [0.25, 0.3) is 22.4 Å². The maximum atomic E-state index is 11.5. The summed E-state index contributed by atoms with van der Waals surface area (Å²) < 4.78 is 32.5. The minimum absolute atomic E-state index is 0.285. The minimum Gasteiger partial charge on any atom is -0.369 e. The molecule has 0 aliphatic heterocycles. The van der Waals surface area contributed by atoms with Crippen molar-refractivity contribution in [1.82, 2.24) is 4.37 Å². The van der Waals surface area contributed by atoms with Gasteiger partial charge in [-0.3, -0.25) is 0 Å². The lowest BCUT2D eigenvalue weighted by atomic mass is 10.0. The second kappa shape index (κ2) is 5.90. The van der Waals surface area contributed by atoms with Gasteiger partial charge in [-0.2, -0.15) is 12.8 Å². The van der Waals surface area contributed by atoms with Crippen LogP contribution in [0.4, 0.5) is 0 Å². The van der Waals surface area contributed by atoms with Gasteiger partial charge in [-0.15, -0.1) is 0 Å². The van der Waals surface area contributed by atoms with Gasteiger partial charge in [0.25, 0.3) is 0 Å². The normalized spacial score (nSPS) is 11.3. The Hall–Kier alpha value is -2.18. The number of rotatable bonds is 4. The number of benzene rings is 2. The molecule has 0 fully saturated rings. The molecule has 3 rings (SSSR count). The Balaban J connectivity index is 2.20. The van der Waals surface area contributed by atoms with Crippen LogP contribution < -0.4 is 4.18 Å². The first-order valence-corrected chi connectivity index (χ1v) is 9.13. The summed E-state index contributed by atoms with van der Waals surface area (Å²) in [4.78, 5) is 0. The lowest BCUT2D eigenvalue weighted by Crippen LogP contribution is -2.05. The first-order valence-electron chi connectivity index (χ1n) is 6.54. The molecule has 6 heteroatoms. The van der Waals surface area contributed by atoms with E-state index in [9.17, 15) is 8.42 Å². The smallest absolute Gasteiger partial charge is 0.307 e. The van der Waals surface area contributed by atoms with Gasteiger partial charge in [-0.1, -0.05) is 60.7 Å². The van der Waals surface area contributed by atoms with E-state index in [1.54, 1.807) is 0 Å². The van der Waals surface area contributed by atoms with Gasteiger partial charge in [0, 0.05) is 17.1 Å². The highest BCUT2D eigenvalue weighted by molar-refractivity contribution is 7.86. The average Bonchev–Trinajstić information content (AvgIpc) is 2.90. The Labute approximate surface area is 133 Å². The zero-order chi connectivity index (χ0) is 15.6. The lowest BCUT2D eigenvalue weighted by molar-refractivity contribution is 0.500. The summed E-state index contributed by atoms with van der Waals surface area (Å²) >= 11 is 1.04. The molecule has 0 spiro atoms. The Morgan fingerprint density at radius 2 is 1.45 bits per heavy atom. The maximum Gasteiger partial charge on any atom is 0.307 e. The first kappa shape index (κ1) is 14.7. The lowest BCUT2D eigenvalue weighted by Gasteiger charge is -2.06. The van der Waals surface area contributed by atoms with Crippen molar-refractivity contribution >= 4 is 21.7 Å². The molecule has 4 nitrogen and oxygen atoms in total. The molecule has 0 aliphatic rings. The van der Waals surface area contributed by atoms with Crippen molar-refractivity contribution in [3.8, 4) is 27.4 Å². The minimum atomic E-state index is -3.61. The van der Waals surface area contributed by atoms with Crippen molar-refractivity contribution in [3.05, 3.63) is 60.7 Å². The van der Waals surface area contributed by atoms with Crippen molar-refractivity contribution < 1.29 is 12.6 Å². The fraction of sp³-hybridized carbons (Fsp3) is 0.0625. The fourth-order valence-electron chi connectivity index (χ4n) is 2.12. The van der Waals surface area contributed by atoms with E-state index >= 15 is 0 Å². The third-order valence-electron chi connectivity index (χ3n) is 3.00. The van der Waals surface area contributed by atoms with E-state index in [1.165, 1.54) is 0 Å². The molecule has 3 aromatic rings. The molecular weight excluding hydrogens is 318 g/mol. The molecule has 2 aromatic carbocycles. The van der Waals surface area contributed by atoms with Gasteiger partial charge >= 0.3 is 10.1 Å². The molecule has 0 N–H and O–H groups in total. The molecular formula is C16H13NO3S2. The van der Waals surface area contributed by atoms with Gasteiger partial charge in [0.15, 0.2) is 0 Å². The van der Waals surface area contributed by atoms with E-state index in [2.05, 4.69) is 4.37 Å². The van der Waals surface area contributed by atoms with Gasteiger partial charge in [0.05, 0.1) is 17.5 Å². The van der Waals surface area contributed by atoms with Crippen LogP contribution in [0.15, 0.2) is 60.7 Å². The van der Waals surface area contributed by atoms with Crippen LogP contribution >= 0.6 is 11.5 Å². The molecule has 1 aromatic heterocycles. The van der Waals surface area contributed by atoms with Gasteiger partial charge in [-0.05, 0) is 5.56 Å². The second-order valence-electron chi connectivity index (χ2n) is 4.71. The Kier molecular flexibility index (Phi) is 3.96. The summed E-state index contributed by atoms with van der Waals surface area (Å²) in [5.74, 6) is 0.